The summed E-state index contributed by atoms with van der Waals surface area (Å²) in [5.41, 5.74) is 14.6. The number of nitrogens with one attached hydrogen (secondary N) is 5. The Hall–Kier alpha value is -6.05. The number of primary amides is 1. The monoisotopic (exact) mass is 800 g/mol. The van der Waals surface area contributed by atoms with Crippen LogP contribution in [0.4, 0.5) is 0 Å². The molecule has 9 N–H and O–H groups in total. The van der Waals surface area contributed by atoms with Crippen LogP contribution in [0, 0.1) is 5.92 Å². The molecule has 4 atom stereocenters. The van der Waals surface area contributed by atoms with Crippen molar-refractivity contribution >= 4 is 51.2 Å². The van der Waals surface area contributed by atoms with Crippen LogP contribution in [0.15, 0.2) is 103 Å². The Balaban J connectivity index is 1.31. The van der Waals surface area contributed by atoms with Gasteiger partial charge in [0.15, 0.2) is 0 Å². The minimum Gasteiger partial charge on any atom is -0.368 e. The largest absolute Gasteiger partial charge is 0.368 e. The molecule has 5 amide bonds. The summed E-state index contributed by atoms with van der Waals surface area (Å²) in [6, 6.07) is 26.6. The normalized spacial score (nSPS) is 15.2. The second kappa shape index (κ2) is 20.6. The lowest BCUT2D eigenvalue weighted by atomic mass is 9.94. The van der Waals surface area contributed by atoms with Gasteiger partial charge in [0.25, 0.3) is 0 Å². The Morgan fingerprint density at radius 1 is 0.712 bits per heavy atom. The third kappa shape index (κ3) is 11.3. The first-order chi connectivity index (χ1) is 28.6. The third-order valence-corrected chi connectivity index (χ3v) is 11.3. The number of benzene rings is 4. The number of para-hydroxylation sites is 1. The Morgan fingerprint density at radius 2 is 1.36 bits per heavy atom. The van der Waals surface area contributed by atoms with Crippen molar-refractivity contribution < 1.29 is 24.0 Å². The highest BCUT2D eigenvalue weighted by atomic mass is 16.2. The van der Waals surface area contributed by atoms with Gasteiger partial charge in [0.2, 0.25) is 29.5 Å². The van der Waals surface area contributed by atoms with E-state index in [1.54, 1.807) is 7.05 Å². The summed E-state index contributed by atoms with van der Waals surface area (Å²) in [5.74, 6) is -2.74. The summed E-state index contributed by atoms with van der Waals surface area (Å²) in [6.07, 6.45) is 5.06. The second-order valence-electron chi connectivity index (χ2n) is 15.5. The van der Waals surface area contributed by atoms with Crippen molar-refractivity contribution in [3.8, 4) is 0 Å². The number of piperidine rings is 1. The fourth-order valence-electron chi connectivity index (χ4n) is 7.88. The summed E-state index contributed by atoms with van der Waals surface area (Å²) < 4.78 is 0. The van der Waals surface area contributed by atoms with Crippen molar-refractivity contribution in [3.05, 3.63) is 120 Å². The van der Waals surface area contributed by atoms with E-state index in [9.17, 15) is 24.0 Å². The van der Waals surface area contributed by atoms with Gasteiger partial charge in [0, 0.05) is 49.3 Å². The molecule has 5 aromatic rings. The molecule has 1 aromatic heterocycles. The second-order valence-corrected chi connectivity index (χ2v) is 15.5. The zero-order valence-corrected chi connectivity index (χ0v) is 33.6. The van der Waals surface area contributed by atoms with E-state index in [0.29, 0.717) is 51.7 Å². The molecule has 0 bridgehead atoms. The Morgan fingerprint density at radius 3 is 2.08 bits per heavy atom. The maximum absolute atomic E-state index is 14.8. The van der Waals surface area contributed by atoms with E-state index < -0.39 is 47.8 Å². The van der Waals surface area contributed by atoms with Crippen LogP contribution in [0.5, 0.6) is 0 Å². The molecule has 13 nitrogen and oxygen atoms in total. The molecule has 4 unspecified atom stereocenters. The SMILES string of the molecule is CN(C(=O)C1CCNCC1)C(Cc1ccc2ccccc2c1)C(=O)NC(Cc1c[nH]c2ccccc12)C(=O)NC(Cc1ccccc1)C(=O)NC(CCCCN)C(N)=O. The van der Waals surface area contributed by atoms with Crippen molar-refractivity contribution in [2.75, 3.05) is 26.7 Å². The average molecular weight is 801 g/mol. The maximum Gasteiger partial charge on any atom is 0.243 e. The molecule has 0 aliphatic carbocycles. The van der Waals surface area contributed by atoms with Gasteiger partial charge in [0.05, 0.1) is 0 Å². The Bertz CT molecular complexity index is 2220. The minimum atomic E-state index is -1.16. The van der Waals surface area contributed by atoms with Gasteiger partial charge in [-0.2, -0.15) is 0 Å². The van der Waals surface area contributed by atoms with Crippen molar-refractivity contribution in [1.29, 1.82) is 0 Å². The molecule has 2 heterocycles. The summed E-state index contributed by atoms with van der Waals surface area (Å²) in [4.78, 5) is 74.6. The van der Waals surface area contributed by atoms with E-state index >= 15 is 0 Å². The van der Waals surface area contributed by atoms with Crippen LogP contribution < -0.4 is 32.7 Å². The molecule has 1 aliphatic rings. The Kier molecular flexibility index (Phi) is 14.8. The number of carbonyl (C=O) groups is 5. The van der Waals surface area contributed by atoms with Gasteiger partial charge in [-0.3, -0.25) is 24.0 Å². The van der Waals surface area contributed by atoms with E-state index in [1.807, 2.05) is 103 Å². The summed E-state index contributed by atoms with van der Waals surface area (Å²) in [5, 5.41) is 15.0. The van der Waals surface area contributed by atoms with Gasteiger partial charge in [-0.05, 0) is 85.3 Å². The zero-order valence-electron chi connectivity index (χ0n) is 33.6. The van der Waals surface area contributed by atoms with Gasteiger partial charge in [-0.25, -0.2) is 0 Å². The van der Waals surface area contributed by atoms with Gasteiger partial charge in [0.1, 0.15) is 24.2 Å². The van der Waals surface area contributed by atoms with Crippen molar-refractivity contribution in [2.45, 2.75) is 75.5 Å². The number of H-pyrrole nitrogens is 1. The van der Waals surface area contributed by atoms with Crippen molar-refractivity contribution in [3.63, 3.8) is 0 Å². The number of unbranched alkanes of at least 4 members (excludes halogenated alkanes) is 1. The molecule has 0 saturated carbocycles. The number of fused-ring (bicyclic) bond motifs is 2. The number of nitrogens with two attached hydrogens (primary N) is 2. The minimum absolute atomic E-state index is 0.0823. The van der Waals surface area contributed by atoms with Crippen LogP contribution in [-0.2, 0) is 43.2 Å². The predicted octanol–water partition coefficient (Wildman–Crippen LogP) is 3.24. The fourth-order valence-corrected chi connectivity index (χ4v) is 7.88. The van der Waals surface area contributed by atoms with Crippen LogP contribution in [-0.4, -0.2) is 90.3 Å². The molecule has 0 radical (unpaired) electrons. The molecule has 1 fully saturated rings. The molecule has 1 aliphatic heterocycles. The number of aromatic nitrogens is 1. The van der Waals surface area contributed by atoms with Crippen molar-refractivity contribution in [2.24, 2.45) is 17.4 Å². The molecule has 59 heavy (non-hydrogen) atoms. The van der Waals surface area contributed by atoms with Crippen LogP contribution in [0.2, 0.25) is 0 Å². The molecule has 4 aromatic carbocycles. The van der Waals surface area contributed by atoms with Gasteiger partial charge < -0.3 is 42.6 Å². The van der Waals surface area contributed by atoms with Crippen LogP contribution in [0.3, 0.4) is 0 Å². The number of nitrogens with zero attached hydrogens (tertiary/aromatic N) is 1. The maximum atomic E-state index is 14.8. The quantitative estimate of drug-likeness (QED) is 0.0621. The molecule has 310 valence electrons. The summed E-state index contributed by atoms with van der Waals surface area (Å²) >= 11 is 0. The third-order valence-electron chi connectivity index (χ3n) is 11.3. The Labute approximate surface area is 345 Å². The highest BCUT2D eigenvalue weighted by molar-refractivity contribution is 5.96. The summed E-state index contributed by atoms with van der Waals surface area (Å²) in [7, 11) is 1.66. The number of likely N-dealkylation sites (N-methyl/N-ethyl adjacent to an activating group) is 1. The first-order valence-electron chi connectivity index (χ1n) is 20.6. The van der Waals surface area contributed by atoms with Crippen LogP contribution in [0.25, 0.3) is 21.7 Å². The number of rotatable bonds is 19. The molecule has 6 rings (SSSR count). The van der Waals surface area contributed by atoms with Gasteiger partial charge in [-0.15, -0.1) is 0 Å². The van der Waals surface area contributed by atoms with E-state index in [4.69, 9.17) is 11.5 Å². The first kappa shape index (κ1) is 42.6. The number of carbonyl (C=O) groups excluding carboxylic acids is 5. The van der Waals surface area contributed by atoms with E-state index in [2.05, 4.69) is 26.3 Å². The molecular weight excluding hydrogens is 745 g/mol. The number of aromatic amines is 1. The average Bonchev–Trinajstić information content (AvgIpc) is 3.67. The van der Waals surface area contributed by atoms with Crippen molar-refractivity contribution in [1.82, 2.24) is 31.2 Å². The van der Waals surface area contributed by atoms with Crippen LogP contribution in [0.1, 0.15) is 48.8 Å². The molecular formula is C46H56N8O5. The number of amides is 5. The lowest BCUT2D eigenvalue weighted by molar-refractivity contribution is -0.143. The number of hydrogen-bond acceptors (Lipinski definition) is 7. The highest BCUT2D eigenvalue weighted by Crippen LogP contribution is 2.23. The highest BCUT2D eigenvalue weighted by Gasteiger charge is 2.35. The number of hydrogen-bond donors (Lipinski definition) is 7. The van der Waals surface area contributed by atoms with Gasteiger partial charge in [-0.1, -0.05) is 91.0 Å². The van der Waals surface area contributed by atoms with E-state index in [1.165, 1.54) is 4.90 Å². The molecule has 1 saturated heterocycles. The lowest BCUT2D eigenvalue weighted by Crippen LogP contribution is -2.59. The standard InChI is InChI=1S/C46H56N8O5/c1-54(46(59)33-20-23-49-24-21-33)41(27-31-18-19-32-13-5-6-14-34(32)25-31)45(58)53-40(28-35-29-50-37-16-8-7-15-36(35)37)44(57)52-39(26-30-11-3-2-4-12-30)43(56)51-38(42(48)55)17-9-10-22-47/h2-8,11-16,18-19,25,29,33,38-41,49-50H,9-10,17,20-24,26-28,47H2,1H3,(H2,48,55)(H,51,56)(H,52,57)(H,53,58). The molecule has 0 spiro atoms. The van der Waals surface area contributed by atoms with Crippen LogP contribution >= 0.6 is 0 Å². The fraction of sp³-hybridized carbons (Fsp3) is 0.370. The van der Waals surface area contributed by atoms with E-state index in [0.717, 1.165) is 38.4 Å². The first-order valence-corrected chi connectivity index (χ1v) is 20.6. The molecule has 13 heteroatoms. The van der Waals surface area contributed by atoms with E-state index in [-0.39, 0.29) is 31.1 Å². The smallest absolute Gasteiger partial charge is 0.243 e. The predicted molar refractivity (Wildman–Crippen MR) is 230 cm³/mol. The topological polar surface area (TPSA) is 205 Å². The lowest BCUT2D eigenvalue weighted by Gasteiger charge is -2.33. The zero-order chi connectivity index (χ0) is 41.7. The summed E-state index contributed by atoms with van der Waals surface area (Å²) in [6.45, 7) is 1.86. The van der Waals surface area contributed by atoms with Gasteiger partial charge >= 0.3 is 0 Å².